The first-order valence-electron chi connectivity index (χ1n) is 4.14. The lowest BCUT2D eigenvalue weighted by Crippen LogP contribution is -2.55. The Balaban J connectivity index is 3.21. The molecule has 1 atom stereocenters. The number of allylic oxidation sites excluding steroid dienone is 2. The van der Waals surface area contributed by atoms with E-state index < -0.39 is 16.5 Å². The fraction of sp³-hybridized carbons (Fsp3) is 0.375. The summed E-state index contributed by atoms with van der Waals surface area (Å²) in [5.41, 5.74) is -1.91. The Morgan fingerprint density at radius 1 is 1.56 bits per heavy atom. The van der Waals surface area contributed by atoms with Crippen LogP contribution in [0, 0.1) is 10.1 Å². The molecule has 0 saturated carbocycles. The lowest BCUT2D eigenvalue weighted by molar-refractivity contribution is -0.561. The molecule has 0 radical (unpaired) electrons. The quantitative estimate of drug-likeness (QED) is 0.481. The number of nitrogens with one attached hydrogen (secondary N) is 1. The van der Waals surface area contributed by atoms with Gasteiger partial charge in [0.05, 0.1) is 16.4 Å². The van der Waals surface area contributed by atoms with E-state index in [4.69, 9.17) is 34.8 Å². The third kappa shape index (κ3) is 2.31. The second-order valence-electron chi connectivity index (χ2n) is 3.22. The minimum absolute atomic E-state index is 0.0801. The normalized spacial score (nSPS) is 25.1. The van der Waals surface area contributed by atoms with Gasteiger partial charge in [-0.15, -0.1) is 0 Å². The molecule has 16 heavy (non-hydrogen) atoms. The third-order valence-electron chi connectivity index (χ3n) is 2.01. The first kappa shape index (κ1) is 13.3. The van der Waals surface area contributed by atoms with Crippen LogP contribution in [-0.2, 0) is 4.79 Å². The van der Waals surface area contributed by atoms with Crippen LogP contribution in [0.2, 0.25) is 0 Å². The van der Waals surface area contributed by atoms with Gasteiger partial charge in [-0.1, -0.05) is 34.8 Å². The van der Waals surface area contributed by atoms with Gasteiger partial charge in [0.25, 0.3) is 0 Å². The van der Waals surface area contributed by atoms with Crippen molar-refractivity contribution in [3.05, 3.63) is 31.3 Å². The molecule has 1 aliphatic carbocycles. The van der Waals surface area contributed by atoms with Crippen LogP contribution in [0.1, 0.15) is 13.3 Å². The number of nitro groups is 1. The van der Waals surface area contributed by atoms with Gasteiger partial charge < -0.3 is 0 Å². The van der Waals surface area contributed by atoms with Crippen LogP contribution >= 0.6 is 34.8 Å². The molecule has 1 unspecified atom stereocenters. The summed E-state index contributed by atoms with van der Waals surface area (Å²) in [4.78, 5) is 21.3. The van der Waals surface area contributed by atoms with E-state index in [1.165, 1.54) is 0 Å². The summed E-state index contributed by atoms with van der Waals surface area (Å²) in [6.07, 6.45) is 0.892. The van der Waals surface area contributed by atoms with E-state index in [9.17, 15) is 14.9 Å². The van der Waals surface area contributed by atoms with Crippen LogP contribution < -0.4 is 5.32 Å². The van der Waals surface area contributed by atoms with E-state index in [2.05, 4.69) is 5.32 Å². The van der Waals surface area contributed by atoms with E-state index in [1.54, 1.807) is 0 Å². The molecule has 1 aliphatic rings. The number of hydrogen-bond donors (Lipinski definition) is 1. The van der Waals surface area contributed by atoms with Gasteiger partial charge in [0.15, 0.2) is 0 Å². The summed E-state index contributed by atoms with van der Waals surface area (Å²) in [6, 6.07) is 0. The van der Waals surface area contributed by atoms with Crippen LogP contribution in [-0.4, -0.2) is 16.5 Å². The number of halogens is 3. The van der Waals surface area contributed by atoms with Gasteiger partial charge >= 0.3 is 5.66 Å². The fourth-order valence-corrected chi connectivity index (χ4v) is 2.07. The van der Waals surface area contributed by atoms with Crippen molar-refractivity contribution in [1.82, 2.24) is 5.32 Å². The number of carbonyl (C=O) groups is 1. The van der Waals surface area contributed by atoms with Crippen LogP contribution in [0.15, 0.2) is 21.2 Å². The molecule has 0 heterocycles. The van der Waals surface area contributed by atoms with Crippen LogP contribution in [0.4, 0.5) is 0 Å². The molecular weight excluding hydrogens is 278 g/mol. The maximum Gasteiger partial charge on any atom is 0.337 e. The second kappa shape index (κ2) is 4.61. The molecule has 88 valence electrons. The predicted molar refractivity (Wildman–Crippen MR) is 60.8 cm³/mol. The summed E-state index contributed by atoms with van der Waals surface area (Å²) >= 11 is 17.2. The van der Waals surface area contributed by atoms with Gasteiger partial charge in [0.1, 0.15) is 5.03 Å². The number of amides is 1. The Bertz CT molecular complexity index is 419. The molecule has 8 heteroatoms. The van der Waals surface area contributed by atoms with Crippen molar-refractivity contribution >= 4 is 40.7 Å². The van der Waals surface area contributed by atoms with Crippen molar-refractivity contribution in [2.24, 2.45) is 0 Å². The van der Waals surface area contributed by atoms with Gasteiger partial charge in [0.2, 0.25) is 5.91 Å². The average molecular weight is 286 g/mol. The summed E-state index contributed by atoms with van der Waals surface area (Å²) in [6.45, 7) is 1.16. The summed E-state index contributed by atoms with van der Waals surface area (Å²) < 4.78 is 0. The average Bonchev–Trinajstić information content (AvgIpc) is 2.12. The number of nitrogens with zero attached hydrogens (tertiary/aromatic N) is 1. The Morgan fingerprint density at radius 2 is 2.12 bits per heavy atom. The maximum absolute atomic E-state index is 11.0. The first-order valence-corrected chi connectivity index (χ1v) is 5.28. The third-order valence-corrected chi connectivity index (χ3v) is 3.21. The minimum atomic E-state index is -1.91. The van der Waals surface area contributed by atoms with Gasteiger partial charge in [-0.3, -0.25) is 20.2 Å². The number of rotatable bonds is 2. The predicted octanol–water partition coefficient (Wildman–Crippen LogP) is 2.31. The lowest BCUT2D eigenvalue weighted by atomic mass is 10.0. The zero-order valence-electron chi connectivity index (χ0n) is 8.09. The first-order chi connectivity index (χ1) is 7.29. The molecule has 0 aromatic rings. The SMILES string of the molecule is CC(=O)NC1([N+](=O)[O-])CC(Cl)=C(Cl)C=C1Cl. The summed E-state index contributed by atoms with van der Waals surface area (Å²) in [5, 5.41) is 13.2. The standard InChI is InChI=1S/C8H7Cl3N2O3/c1-4(14)12-8(13(15)16)3-6(10)5(9)2-7(8)11/h2H,3H2,1H3,(H,12,14). The molecular formula is C8H7Cl3N2O3. The van der Waals surface area contributed by atoms with Crippen molar-refractivity contribution in [2.75, 3.05) is 0 Å². The number of hydrogen-bond acceptors (Lipinski definition) is 3. The van der Waals surface area contributed by atoms with Crippen molar-refractivity contribution < 1.29 is 9.72 Å². The molecule has 1 amide bonds. The Kier molecular flexibility index (Phi) is 3.83. The van der Waals surface area contributed by atoms with Gasteiger partial charge in [-0.2, -0.15) is 0 Å². The Labute approximate surface area is 106 Å². The van der Waals surface area contributed by atoms with E-state index in [-0.39, 0.29) is 21.5 Å². The molecule has 1 N–H and O–H groups in total. The topological polar surface area (TPSA) is 72.2 Å². The molecule has 1 rings (SSSR count). The smallest absolute Gasteiger partial charge is 0.287 e. The van der Waals surface area contributed by atoms with E-state index in [1.807, 2.05) is 0 Å². The highest BCUT2D eigenvalue weighted by molar-refractivity contribution is 6.42. The van der Waals surface area contributed by atoms with Crippen molar-refractivity contribution in [1.29, 1.82) is 0 Å². The molecule has 0 aliphatic heterocycles. The van der Waals surface area contributed by atoms with E-state index in [0.29, 0.717) is 0 Å². The van der Waals surface area contributed by atoms with Gasteiger partial charge in [0, 0.05) is 12.0 Å². The fourth-order valence-electron chi connectivity index (χ4n) is 1.29. The zero-order valence-corrected chi connectivity index (χ0v) is 10.4. The van der Waals surface area contributed by atoms with Gasteiger partial charge in [-0.25, -0.2) is 0 Å². The van der Waals surface area contributed by atoms with Crippen LogP contribution in [0.5, 0.6) is 0 Å². The van der Waals surface area contributed by atoms with Crippen LogP contribution in [0.3, 0.4) is 0 Å². The molecule has 0 aromatic heterocycles. The van der Waals surface area contributed by atoms with Crippen molar-refractivity contribution in [3.63, 3.8) is 0 Å². The summed E-state index contributed by atoms with van der Waals surface area (Å²) in [7, 11) is 0. The lowest BCUT2D eigenvalue weighted by Gasteiger charge is -2.27. The van der Waals surface area contributed by atoms with Crippen molar-refractivity contribution in [2.45, 2.75) is 19.0 Å². The molecule has 0 aromatic carbocycles. The highest BCUT2D eigenvalue weighted by Crippen LogP contribution is 2.38. The van der Waals surface area contributed by atoms with Gasteiger partial charge in [-0.05, 0) is 6.08 Å². The largest absolute Gasteiger partial charge is 0.337 e. The zero-order chi connectivity index (χ0) is 12.5. The maximum atomic E-state index is 11.0. The highest BCUT2D eigenvalue weighted by Gasteiger charge is 2.50. The molecule has 0 bridgehead atoms. The Morgan fingerprint density at radius 3 is 2.56 bits per heavy atom. The van der Waals surface area contributed by atoms with Crippen LogP contribution in [0.25, 0.3) is 0 Å². The molecule has 0 saturated heterocycles. The monoisotopic (exact) mass is 284 g/mol. The summed E-state index contributed by atoms with van der Waals surface area (Å²) in [5.74, 6) is -0.578. The van der Waals surface area contributed by atoms with E-state index in [0.717, 1.165) is 13.0 Å². The number of carbonyl (C=O) groups excluding carboxylic acids is 1. The Hall–Kier alpha value is -0.780. The second-order valence-corrected chi connectivity index (χ2v) is 4.49. The van der Waals surface area contributed by atoms with E-state index >= 15 is 0 Å². The highest BCUT2D eigenvalue weighted by atomic mass is 35.5. The van der Waals surface area contributed by atoms with Crippen molar-refractivity contribution in [3.8, 4) is 0 Å². The molecule has 5 nitrogen and oxygen atoms in total. The minimum Gasteiger partial charge on any atom is -0.287 e. The molecule has 0 fully saturated rings. The molecule has 0 spiro atoms.